The number of aromatic nitrogens is 1. The SMILES string of the molecule is O=C([C@@H]1C[C@H]1c1ccc(Cl)cc1)N1CCC2(CC1)Cc1ccccc1CN(Cc1cccnc1)C2=O. The van der Waals surface area contributed by atoms with Crippen LogP contribution in [0.5, 0.6) is 0 Å². The molecule has 6 rings (SSSR count). The number of nitrogens with zero attached hydrogens (tertiary/aromatic N) is 3. The van der Waals surface area contributed by atoms with Crippen LogP contribution >= 0.6 is 11.6 Å². The van der Waals surface area contributed by atoms with Crippen molar-refractivity contribution in [3.63, 3.8) is 0 Å². The van der Waals surface area contributed by atoms with Crippen LogP contribution in [0.4, 0.5) is 0 Å². The summed E-state index contributed by atoms with van der Waals surface area (Å²) in [5.74, 6) is 0.776. The quantitative estimate of drug-likeness (QED) is 0.493. The summed E-state index contributed by atoms with van der Waals surface area (Å²) in [6, 6.07) is 20.2. The predicted molar refractivity (Wildman–Crippen MR) is 139 cm³/mol. The van der Waals surface area contributed by atoms with Crippen LogP contribution in [-0.2, 0) is 29.1 Å². The monoisotopic (exact) mass is 499 g/mol. The summed E-state index contributed by atoms with van der Waals surface area (Å²) in [7, 11) is 0. The number of fused-ring (bicyclic) bond motifs is 1. The number of likely N-dealkylation sites (tertiary alicyclic amines) is 1. The van der Waals surface area contributed by atoms with Crippen molar-refractivity contribution in [2.24, 2.45) is 11.3 Å². The van der Waals surface area contributed by atoms with Crippen molar-refractivity contribution >= 4 is 23.4 Å². The molecule has 2 aliphatic heterocycles. The maximum absolute atomic E-state index is 14.1. The Morgan fingerprint density at radius 3 is 2.47 bits per heavy atom. The number of pyridine rings is 1. The molecule has 2 atom stereocenters. The predicted octanol–water partition coefficient (Wildman–Crippen LogP) is 5.23. The van der Waals surface area contributed by atoms with Crippen LogP contribution in [-0.4, -0.2) is 39.7 Å². The molecule has 1 saturated heterocycles. The van der Waals surface area contributed by atoms with E-state index >= 15 is 0 Å². The van der Waals surface area contributed by atoms with Gasteiger partial charge in [0.25, 0.3) is 0 Å². The van der Waals surface area contributed by atoms with Crippen molar-refractivity contribution < 1.29 is 9.59 Å². The lowest BCUT2D eigenvalue weighted by Crippen LogP contribution is -2.51. The fourth-order valence-electron chi connectivity index (χ4n) is 6.10. The van der Waals surface area contributed by atoms with Gasteiger partial charge in [-0.1, -0.05) is 54.1 Å². The van der Waals surface area contributed by atoms with Gasteiger partial charge >= 0.3 is 0 Å². The zero-order valence-electron chi connectivity index (χ0n) is 20.3. The first-order valence-electron chi connectivity index (χ1n) is 12.8. The minimum absolute atomic E-state index is 0.0489. The second kappa shape index (κ2) is 9.36. The maximum Gasteiger partial charge on any atom is 0.229 e. The van der Waals surface area contributed by atoms with Crippen molar-refractivity contribution in [1.82, 2.24) is 14.8 Å². The van der Waals surface area contributed by atoms with E-state index in [4.69, 9.17) is 11.6 Å². The Hall–Kier alpha value is -3.18. The Morgan fingerprint density at radius 2 is 1.75 bits per heavy atom. The molecule has 1 saturated carbocycles. The standard InChI is InChI=1S/C30H30ClN3O2/c31-25-9-7-22(8-10-25)26-16-27(26)28(35)33-14-11-30(12-15-33)17-23-5-1-2-6-24(23)20-34(29(30)36)19-21-4-3-13-32-18-21/h1-10,13,18,26-27H,11-12,14-17,19-20H2/t26-,27+/m0/s1. The fourth-order valence-corrected chi connectivity index (χ4v) is 6.23. The minimum Gasteiger partial charge on any atom is -0.342 e. The molecule has 0 unspecified atom stereocenters. The molecule has 1 spiro atoms. The smallest absolute Gasteiger partial charge is 0.229 e. The van der Waals surface area contributed by atoms with Gasteiger partial charge in [0, 0.05) is 49.5 Å². The minimum atomic E-state index is -0.468. The molecular formula is C30H30ClN3O2. The average Bonchev–Trinajstić information content (AvgIpc) is 3.72. The molecule has 1 aliphatic carbocycles. The van der Waals surface area contributed by atoms with E-state index in [1.165, 1.54) is 16.7 Å². The zero-order valence-corrected chi connectivity index (χ0v) is 21.0. The third-order valence-electron chi connectivity index (χ3n) is 8.28. The molecule has 36 heavy (non-hydrogen) atoms. The molecule has 1 aromatic heterocycles. The molecule has 0 N–H and O–H groups in total. The highest BCUT2D eigenvalue weighted by atomic mass is 35.5. The number of benzene rings is 2. The second-order valence-corrected chi connectivity index (χ2v) is 11.0. The molecule has 3 aromatic rings. The summed E-state index contributed by atoms with van der Waals surface area (Å²) in [5.41, 5.74) is 4.23. The van der Waals surface area contributed by atoms with Crippen molar-refractivity contribution in [3.05, 3.63) is 100 Å². The van der Waals surface area contributed by atoms with Crippen LogP contribution in [0.25, 0.3) is 0 Å². The van der Waals surface area contributed by atoms with Gasteiger partial charge in [0.15, 0.2) is 0 Å². The van der Waals surface area contributed by atoms with Crippen LogP contribution in [0, 0.1) is 11.3 Å². The Labute approximate surface area is 217 Å². The molecule has 0 bridgehead atoms. The molecular weight excluding hydrogens is 470 g/mol. The van der Waals surface area contributed by atoms with Gasteiger partial charge in [-0.05, 0) is 72.1 Å². The van der Waals surface area contributed by atoms with E-state index in [-0.39, 0.29) is 23.7 Å². The molecule has 2 aromatic carbocycles. The number of carbonyl (C=O) groups excluding carboxylic acids is 2. The molecule has 0 radical (unpaired) electrons. The molecule has 2 fully saturated rings. The summed E-state index contributed by atoms with van der Waals surface area (Å²) in [5, 5.41) is 0.718. The Morgan fingerprint density at radius 1 is 1.00 bits per heavy atom. The van der Waals surface area contributed by atoms with E-state index in [0.717, 1.165) is 23.4 Å². The van der Waals surface area contributed by atoms with Crippen molar-refractivity contribution in [1.29, 1.82) is 0 Å². The van der Waals surface area contributed by atoms with Gasteiger partial charge in [-0.15, -0.1) is 0 Å². The Bertz CT molecular complexity index is 1270. The highest BCUT2D eigenvalue weighted by Crippen LogP contribution is 2.49. The summed E-state index contributed by atoms with van der Waals surface area (Å²) >= 11 is 6.03. The number of carbonyl (C=O) groups is 2. The average molecular weight is 500 g/mol. The first-order valence-corrected chi connectivity index (χ1v) is 13.2. The number of hydrogen-bond acceptors (Lipinski definition) is 3. The number of hydrogen-bond donors (Lipinski definition) is 0. The topological polar surface area (TPSA) is 53.5 Å². The van der Waals surface area contributed by atoms with E-state index in [1.807, 2.05) is 52.4 Å². The molecule has 3 heterocycles. The lowest BCUT2D eigenvalue weighted by Gasteiger charge is -2.42. The van der Waals surface area contributed by atoms with Crippen molar-refractivity contribution in [3.8, 4) is 0 Å². The van der Waals surface area contributed by atoms with Crippen LogP contribution in [0.3, 0.4) is 0 Å². The van der Waals surface area contributed by atoms with Crippen LogP contribution in [0.15, 0.2) is 73.1 Å². The Kier molecular flexibility index (Phi) is 6.04. The zero-order chi connectivity index (χ0) is 24.7. The van der Waals surface area contributed by atoms with E-state index in [1.54, 1.807) is 6.20 Å². The normalized spacial score (nSPS) is 22.8. The van der Waals surface area contributed by atoms with Gasteiger partial charge in [0.1, 0.15) is 0 Å². The number of amides is 2. The van der Waals surface area contributed by atoms with Gasteiger partial charge in [0.05, 0.1) is 5.41 Å². The lowest BCUT2D eigenvalue weighted by molar-refractivity contribution is -0.149. The third kappa shape index (κ3) is 4.41. The molecule has 184 valence electrons. The molecule has 5 nitrogen and oxygen atoms in total. The van der Waals surface area contributed by atoms with Gasteiger partial charge in [-0.2, -0.15) is 0 Å². The lowest BCUT2D eigenvalue weighted by atomic mass is 9.72. The third-order valence-corrected chi connectivity index (χ3v) is 8.54. The molecule has 6 heteroatoms. The van der Waals surface area contributed by atoms with Crippen LogP contribution in [0.2, 0.25) is 5.02 Å². The Balaban J connectivity index is 1.18. The van der Waals surface area contributed by atoms with E-state index in [0.29, 0.717) is 39.0 Å². The highest BCUT2D eigenvalue weighted by molar-refractivity contribution is 6.30. The molecule has 2 amide bonds. The van der Waals surface area contributed by atoms with Gasteiger partial charge in [-0.25, -0.2) is 0 Å². The molecule has 3 aliphatic rings. The highest BCUT2D eigenvalue weighted by Gasteiger charge is 2.50. The summed E-state index contributed by atoms with van der Waals surface area (Å²) in [4.78, 5) is 35.6. The summed E-state index contributed by atoms with van der Waals surface area (Å²) < 4.78 is 0. The van der Waals surface area contributed by atoms with Crippen molar-refractivity contribution in [2.45, 2.75) is 44.7 Å². The van der Waals surface area contributed by atoms with Crippen LogP contribution < -0.4 is 0 Å². The first-order chi connectivity index (χ1) is 17.5. The van der Waals surface area contributed by atoms with E-state index < -0.39 is 5.41 Å². The first kappa shape index (κ1) is 23.2. The number of piperidine rings is 1. The number of halogens is 1. The van der Waals surface area contributed by atoms with Gasteiger partial charge in [-0.3, -0.25) is 14.6 Å². The maximum atomic E-state index is 14.1. The summed E-state index contributed by atoms with van der Waals surface area (Å²) in [6.45, 7) is 2.43. The fraction of sp³-hybridized carbons (Fsp3) is 0.367. The van der Waals surface area contributed by atoms with Gasteiger partial charge in [0.2, 0.25) is 11.8 Å². The van der Waals surface area contributed by atoms with Crippen molar-refractivity contribution in [2.75, 3.05) is 13.1 Å². The van der Waals surface area contributed by atoms with E-state index in [9.17, 15) is 9.59 Å². The second-order valence-electron chi connectivity index (χ2n) is 10.6. The van der Waals surface area contributed by atoms with Gasteiger partial charge < -0.3 is 9.80 Å². The van der Waals surface area contributed by atoms with E-state index in [2.05, 4.69) is 29.2 Å². The number of rotatable bonds is 4. The largest absolute Gasteiger partial charge is 0.342 e. The van der Waals surface area contributed by atoms with Crippen LogP contribution in [0.1, 0.15) is 47.4 Å². The summed E-state index contributed by atoms with van der Waals surface area (Å²) in [6.07, 6.45) is 6.64.